The molecule has 3 nitrogen and oxygen atoms in total. The van der Waals surface area contributed by atoms with Crippen molar-refractivity contribution in [2.24, 2.45) is 22.6 Å². The summed E-state index contributed by atoms with van der Waals surface area (Å²) in [5, 5.41) is 3.15. The van der Waals surface area contributed by atoms with Gasteiger partial charge in [0.25, 0.3) is 0 Å². The highest BCUT2D eigenvalue weighted by atomic mass is 15.1. The van der Waals surface area contributed by atoms with Crippen molar-refractivity contribution in [1.29, 1.82) is 0 Å². The Morgan fingerprint density at radius 1 is 1.29 bits per heavy atom. The first-order chi connectivity index (χ1) is 6.68. The van der Waals surface area contributed by atoms with Crippen LogP contribution in [0.4, 0.5) is 0 Å². The van der Waals surface area contributed by atoms with Gasteiger partial charge in [-0.25, -0.2) is 4.99 Å². The first-order valence-corrected chi connectivity index (χ1v) is 5.78. The average molecular weight is 195 g/mol. The van der Waals surface area contributed by atoms with Crippen molar-refractivity contribution in [3.63, 3.8) is 0 Å². The van der Waals surface area contributed by atoms with Crippen molar-refractivity contribution in [3.05, 3.63) is 0 Å². The van der Waals surface area contributed by atoms with Crippen LogP contribution in [0.1, 0.15) is 39.5 Å². The fourth-order valence-electron chi connectivity index (χ4n) is 2.64. The number of nitrogens with two attached hydrogens (primary N) is 1. The molecule has 0 bridgehead atoms. The number of hydrogen-bond acceptors (Lipinski definition) is 1. The molecule has 0 aromatic rings. The summed E-state index contributed by atoms with van der Waals surface area (Å²) in [6.07, 6.45) is 5.52. The van der Waals surface area contributed by atoms with Crippen LogP contribution < -0.4 is 11.1 Å². The van der Waals surface area contributed by atoms with E-state index in [9.17, 15) is 0 Å². The van der Waals surface area contributed by atoms with E-state index >= 15 is 0 Å². The van der Waals surface area contributed by atoms with E-state index in [1.165, 1.54) is 25.7 Å². The molecule has 80 valence electrons. The Morgan fingerprint density at radius 3 is 2.36 bits per heavy atom. The summed E-state index contributed by atoms with van der Waals surface area (Å²) in [5.74, 6) is 2.35. The van der Waals surface area contributed by atoms with Crippen LogP contribution in [0.25, 0.3) is 0 Å². The van der Waals surface area contributed by atoms with Gasteiger partial charge in [-0.2, -0.15) is 0 Å². The van der Waals surface area contributed by atoms with Gasteiger partial charge in [0.05, 0.1) is 6.04 Å². The molecule has 0 aliphatic heterocycles. The molecule has 2 aliphatic carbocycles. The normalized spacial score (nSPS) is 36.8. The van der Waals surface area contributed by atoms with Gasteiger partial charge in [-0.1, -0.05) is 12.8 Å². The Hall–Kier alpha value is -0.730. The number of hydrogen-bond donors (Lipinski definition) is 2. The van der Waals surface area contributed by atoms with E-state index in [0.717, 1.165) is 11.8 Å². The Kier molecular flexibility index (Phi) is 2.66. The maximum Gasteiger partial charge on any atom is 0.189 e. The van der Waals surface area contributed by atoms with Gasteiger partial charge in [0.2, 0.25) is 0 Å². The van der Waals surface area contributed by atoms with Crippen LogP contribution in [0.5, 0.6) is 0 Å². The highest BCUT2D eigenvalue weighted by molar-refractivity contribution is 5.78. The lowest BCUT2D eigenvalue weighted by Crippen LogP contribution is -2.37. The molecule has 3 N–H and O–H groups in total. The molecule has 3 heteroatoms. The summed E-state index contributed by atoms with van der Waals surface area (Å²) < 4.78 is 0. The van der Waals surface area contributed by atoms with Crippen molar-refractivity contribution in [1.82, 2.24) is 5.32 Å². The SMILES string of the molecule is CC(C)NC(N)=NC1C2CCCCC21. The monoisotopic (exact) mass is 195 g/mol. The molecule has 14 heavy (non-hydrogen) atoms. The highest BCUT2D eigenvalue weighted by Gasteiger charge is 2.50. The molecule has 0 radical (unpaired) electrons. The molecule has 2 unspecified atom stereocenters. The molecule has 2 saturated carbocycles. The van der Waals surface area contributed by atoms with Gasteiger partial charge in [0, 0.05) is 6.04 Å². The molecular formula is C11H21N3. The standard InChI is InChI=1S/C11H21N3/c1-7(2)13-11(12)14-10-8-5-3-4-6-9(8)10/h7-10H,3-6H2,1-2H3,(H3,12,13,14). The summed E-state index contributed by atoms with van der Waals surface area (Å²) in [6.45, 7) is 4.17. The molecule has 2 rings (SSSR count). The van der Waals surface area contributed by atoms with E-state index in [4.69, 9.17) is 5.73 Å². The first kappa shape index (κ1) is 9.81. The van der Waals surface area contributed by atoms with Gasteiger partial charge in [0.15, 0.2) is 5.96 Å². The van der Waals surface area contributed by atoms with Gasteiger partial charge in [-0.15, -0.1) is 0 Å². The summed E-state index contributed by atoms with van der Waals surface area (Å²) in [5.41, 5.74) is 5.81. The molecule has 2 aliphatic rings. The molecule has 0 amide bonds. The number of guanidine groups is 1. The number of aliphatic imine (C=N–C) groups is 1. The molecule has 0 aromatic carbocycles. The van der Waals surface area contributed by atoms with Crippen molar-refractivity contribution >= 4 is 5.96 Å². The molecule has 0 spiro atoms. The predicted octanol–water partition coefficient (Wildman–Crippen LogP) is 1.49. The highest BCUT2D eigenvalue weighted by Crippen LogP contribution is 2.51. The van der Waals surface area contributed by atoms with Gasteiger partial charge < -0.3 is 11.1 Å². The van der Waals surface area contributed by atoms with Gasteiger partial charge in [-0.3, -0.25) is 0 Å². The minimum atomic E-state index is 0.388. The predicted molar refractivity (Wildman–Crippen MR) is 59.1 cm³/mol. The number of nitrogens with zero attached hydrogens (tertiary/aromatic N) is 1. The lowest BCUT2D eigenvalue weighted by molar-refractivity contribution is 0.480. The molecule has 2 fully saturated rings. The largest absolute Gasteiger partial charge is 0.370 e. The second kappa shape index (κ2) is 3.79. The zero-order valence-corrected chi connectivity index (χ0v) is 9.16. The quantitative estimate of drug-likeness (QED) is 0.518. The zero-order chi connectivity index (χ0) is 10.1. The third-order valence-corrected chi connectivity index (χ3v) is 3.34. The van der Waals surface area contributed by atoms with Crippen LogP contribution in [0.15, 0.2) is 4.99 Å². The second-order valence-corrected chi connectivity index (χ2v) is 4.92. The van der Waals surface area contributed by atoms with Crippen molar-refractivity contribution < 1.29 is 0 Å². The van der Waals surface area contributed by atoms with Crippen molar-refractivity contribution in [2.45, 2.75) is 51.6 Å². The van der Waals surface area contributed by atoms with Crippen LogP contribution in [0.2, 0.25) is 0 Å². The third kappa shape index (κ3) is 2.02. The Balaban J connectivity index is 1.86. The number of nitrogens with one attached hydrogen (secondary N) is 1. The Labute approximate surface area is 86.2 Å². The fourth-order valence-corrected chi connectivity index (χ4v) is 2.64. The van der Waals surface area contributed by atoms with E-state index < -0.39 is 0 Å². The van der Waals surface area contributed by atoms with E-state index in [-0.39, 0.29) is 0 Å². The van der Waals surface area contributed by atoms with E-state index in [1.54, 1.807) is 0 Å². The Bertz CT molecular complexity index is 223. The van der Waals surface area contributed by atoms with Crippen LogP contribution in [-0.2, 0) is 0 Å². The smallest absolute Gasteiger partial charge is 0.189 e. The van der Waals surface area contributed by atoms with E-state index in [0.29, 0.717) is 18.0 Å². The van der Waals surface area contributed by atoms with Crippen LogP contribution in [0, 0.1) is 11.8 Å². The van der Waals surface area contributed by atoms with E-state index in [1.807, 2.05) is 0 Å². The first-order valence-electron chi connectivity index (χ1n) is 5.78. The maximum absolute atomic E-state index is 5.81. The van der Waals surface area contributed by atoms with Crippen LogP contribution in [-0.4, -0.2) is 18.0 Å². The topological polar surface area (TPSA) is 50.4 Å². The molecule has 0 heterocycles. The molecule has 2 atom stereocenters. The van der Waals surface area contributed by atoms with Crippen LogP contribution in [0.3, 0.4) is 0 Å². The molecular weight excluding hydrogens is 174 g/mol. The maximum atomic E-state index is 5.81. The number of fused-ring (bicyclic) bond motifs is 1. The minimum Gasteiger partial charge on any atom is -0.370 e. The number of rotatable bonds is 2. The van der Waals surface area contributed by atoms with Gasteiger partial charge in [0.1, 0.15) is 0 Å². The summed E-state index contributed by atoms with van der Waals surface area (Å²) in [7, 11) is 0. The summed E-state index contributed by atoms with van der Waals surface area (Å²) >= 11 is 0. The van der Waals surface area contributed by atoms with E-state index in [2.05, 4.69) is 24.2 Å². The Morgan fingerprint density at radius 2 is 1.86 bits per heavy atom. The lowest BCUT2D eigenvalue weighted by atomic mass is 10.0. The summed E-state index contributed by atoms with van der Waals surface area (Å²) in [6, 6.07) is 0.934. The zero-order valence-electron chi connectivity index (χ0n) is 9.16. The molecule has 0 aromatic heterocycles. The molecule has 0 saturated heterocycles. The second-order valence-electron chi connectivity index (χ2n) is 4.92. The van der Waals surface area contributed by atoms with Crippen LogP contribution >= 0.6 is 0 Å². The fraction of sp³-hybridized carbons (Fsp3) is 0.909. The lowest BCUT2D eigenvalue weighted by Gasteiger charge is -2.07. The van der Waals surface area contributed by atoms with Crippen molar-refractivity contribution in [2.75, 3.05) is 0 Å². The van der Waals surface area contributed by atoms with Crippen molar-refractivity contribution in [3.8, 4) is 0 Å². The third-order valence-electron chi connectivity index (χ3n) is 3.34. The van der Waals surface area contributed by atoms with Gasteiger partial charge >= 0.3 is 0 Å². The minimum absolute atomic E-state index is 0.388. The average Bonchev–Trinajstić information content (AvgIpc) is 2.78. The summed E-state index contributed by atoms with van der Waals surface area (Å²) in [4.78, 5) is 4.56. The van der Waals surface area contributed by atoms with Gasteiger partial charge in [-0.05, 0) is 38.5 Å².